The minimum atomic E-state index is 0.640. The highest BCUT2D eigenvalue weighted by atomic mass is 32.2. The molecule has 4 nitrogen and oxygen atoms in total. The van der Waals surface area contributed by atoms with Crippen LogP contribution in [-0.4, -0.2) is 23.1 Å². The Morgan fingerprint density at radius 1 is 1.35 bits per heavy atom. The number of rotatable bonds is 3. The van der Waals surface area contributed by atoms with Crippen molar-refractivity contribution in [2.24, 2.45) is 7.05 Å². The van der Waals surface area contributed by atoms with E-state index in [9.17, 15) is 0 Å². The van der Waals surface area contributed by atoms with Crippen LogP contribution in [0.3, 0.4) is 0 Å². The van der Waals surface area contributed by atoms with Gasteiger partial charge in [0, 0.05) is 23.1 Å². The van der Waals surface area contributed by atoms with Gasteiger partial charge in [-0.2, -0.15) is 5.10 Å². The van der Waals surface area contributed by atoms with Gasteiger partial charge in [-0.1, -0.05) is 12.1 Å². The van der Waals surface area contributed by atoms with E-state index < -0.39 is 0 Å². The minimum absolute atomic E-state index is 0.640. The van der Waals surface area contributed by atoms with Crippen molar-refractivity contribution >= 4 is 17.6 Å². The van der Waals surface area contributed by atoms with Crippen LogP contribution in [-0.2, 0) is 7.05 Å². The van der Waals surface area contributed by atoms with Crippen molar-refractivity contribution in [3.8, 4) is 16.9 Å². The topological polar surface area (TPSA) is 53.1 Å². The third-order valence-electron chi connectivity index (χ3n) is 2.68. The lowest BCUT2D eigenvalue weighted by atomic mass is 10.1. The number of aromatic nitrogens is 2. The van der Waals surface area contributed by atoms with E-state index in [0.717, 1.165) is 21.8 Å². The van der Waals surface area contributed by atoms with E-state index in [1.807, 2.05) is 31.5 Å². The molecule has 0 saturated carbocycles. The van der Waals surface area contributed by atoms with Crippen molar-refractivity contribution in [1.29, 1.82) is 0 Å². The molecule has 0 fully saturated rings. The van der Waals surface area contributed by atoms with Crippen LogP contribution in [0, 0.1) is 0 Å². The summed E-state index contributed by atoms with van der Waals surface area (Å²) in [6.45, 7) is 0. The third-order valence-corrected chi connectivity index (χ3v) is 3.44. The van der Waals surface area contributed by atoms with Crippen LogP contribution >= 0.6 is 11.8 Å². The number of para-hydroxylation sites is 1. The van der Waals surface area contributed by atoms with Gasteiger partial charge in [-0.15, -0.1) is 11.8 Å². The summed E-state index contributed by atoms with van der Waals surface area (Å²) in [4.78, 5) is 1.09. The molecule has 2 N–H and O–H groups in total. The summed E-state index contributed by atoms with van der Waals surface area (Å²) < 4.78 is 7.13. The predicted molar refractivity (Wildman–Crippen MR) is 71.4 cm³/mol. The highest BCUT2D eigenvalue weighted by molar-refractivity contribution is 7.98. The lowest BCUT2D eigenvalue weighted by Gasteiger charge is -2.11. The number of anilines is 1. The van der Waals surface area contributed by atoms with Crippen molar-refractivity contribution < 1.29 is 4.74 Å². The van der Waals surface area contributed by atoms with E-state index in [1.54, 1.807) is 29.8 Å². The summed E-state index contributed by atoms with van der Waals surface area (Å²) in [5.41, 5.74) is 7.87. The average Bonchev–Trinajstić information content (AvgIpc) is 2.69. The number of nitrogen functional groups attached to an aromatic ring is 1. The quantitative estimate of drug-likeness (QED) is 0.849. The lowest BCUT2D eigenvalue weighted by Crippen LogP contribution is -1.98. The summed E-state index contributed by atoms with van der Waals surface area (Å²) in [5.74, 6) is 1.49. The first-order valence-electron chi connectivity index (χ1n) is 5.18. The highest BCUT2D eigenvalue weighted by Gasteiger charge is 2.14. The number of thioether (sulfide) groups is 1. The molecule has 90 valence electrons. The predicted octanol–water partition coefficient (Wildman–Crippen LogP) is 2.40. The molecule has 0 aliphatic heterocycles. The van der Waals surface area contributed by atoms with Gasteiger partial charge < -0.3 is 10.5 Å². The Bertz CT molecular complexity index is 537. The first kappa shape index (κ1) is 11.9. The Kier molecular flexibility index (Phi) is 3.28. The normalized spacial score (nSPS) is 10.5. The Morgan fingerprint density at radius 3 is 2.65 bits per heavy atom. The number of nitrogens with zero attached hydrogens (tertiary/aromatic N) is 2. The maximum atomic E-state index is 5.99. The molecule has 0 unspecified atom stereocenters. The van der Waals surface area contributed by atoms with E-state index in [-0.39, 0.29) is 0 Å². The highest BCUT2D eigenvalue weighted by Crippen LogP contribution is 2.39. The largest absolute Gasteiger partial charge is 0.495 e. The van der Waals surface area contributed by atoms with Gasteiger partial charge in [-0.25, -0.2) is 0 Å². The molecular formula is C12H15N3OS. The maximum Gasteiger partial charge on any atom is 0.140 e. The lowest BCUT2D eigenvalue weighted by molar-refractivity contribution is 0.406. The fourth-order valence-corrected chi connectivity index (χ4v) is 2.35. The molecule has 0 bridgehead atoms. The van der Waals surface area contributed by atoms with Gasteiger partial charge in [-0.3, -0.25) is 4.68 Å². The zero-order chi connectivity index (χ0) is 12.4. The van der Waals surface area contributed by atoms with Gasteiger partial charge in [0.25, 0.3) is 0 Å². The van der Waals surface area contributed by atoms with Crippen LogP contribution in [0.15, 0.2) is 29.3 Å². The van der Waals surface area contributed by atoms with Crippen LogP contribution in [0.4, 0.5) is 5.82 Å². The number of ether oxygens (including phenoxy) is 1. The third kappa shape index (κ3) is 1.98. The molecule has 2 aromatic rings. The molecule has 0 spiro atoms. The molecule has 0 aliphatic rings. The molecule has 5 heteroatoms. The van der Waals surface area contributed by atoms with Crippen molar-refractivity contribution in [1.82, 2.24) is 9.78 Å². The minimum Gasteiger partial charge on any atom is -0.495 e. The maximum absolute atomic E-state index is 5.99. The zero-order valence-corrected chi connectivity index (χ0v) is 10.9. The molecule has 1 aromatic carbocycles. The second-order valence-electron chi connectivity index (χ2n) is 3.61. The molecule has 2 rings (SSSR count). The zero-order valence-electron chi connectivity index (χ0n) is 10.1. The Balaban J connectivity index is 2.63. The van der Waals surface area contributed by atoms with Crippen molar-refractivity contribution in [2.75, 3.05) is 19.1 Å². The van der Waals surface area contributed by atoms with E-state index in [0.29, 0.717) is 5.82 Å². The first-order valence-corrected chi connectivity index (χ1v) is 6.40. The van der Waals surface area contributed by atoms with Gasteiger partial charge in [-0.05, 0) is 12.3 Å². The van der Waals surface area contributed by atoms with Gasteiger partial charge in [0.2, 0.25) is 0 Å². The number of aryl methyl sites for hydroxylation is 1. The van der Waals surface area contributed by atoms with Gasteiger partial charge >= 0.3 is 0 Å². The van der Waals surface area contributed by atoms with Crippen LogP contribution in [0.5, 0.6) is 5.75 Å². The van der Waals surface area contributed by atoms with E-state index >= 15 is 0 Å². The van der Waals surface area contributed by atoms with Gasteiger partial charge in [0.05, 0.1) is 13.3 Å². The van der Waals surface area contributed by atoms with Gasteiger partial charge in [0.15, 0.2) is 0 Å². The summed E-state index contributed by atoms with van der Waals surface area (Å²) in [7, 11) is 3.49. The van der Waals surface area contributed by atoms with Gasteiger partial charge in [0.1, 0.15) is 11.6 Å². The van der Waals surface area contributed by atoms with Crippen molar-refractivity contribution in [3.63, 3.8) is 0 Å². The average molecular weight is 249 g/mol. The SMILES string of the molecule is COc1c(SC)cccc1-c1cnn(C)c1N. The van der Waals surface area contributed by atoms with Crippen LogP contribution in [0.1, 0.15) is 0 Å². The summed E-state index contributed by atoms with van der Waals surface area (Å²) in [6.07, 6.45) is 3.78. The molecule has 0 saturated heterocycles. The number of hydrogen-bond acceptors (Lipinski definition) is 4. The fourth-order valence-electron chi connectivity index (χ4n) is 1.75. The van der Waals surface area contributed by atoms with Crippen LogP contribution in [0.25, 0.3) is 11.1 Å². The standard InChI is InChI=1S/C12H15N3OS/c1-15-12(13)9(7-14-15)8-5-4-6-10(17-3)11(8)16-2/h4-7H,13H2,1-3H3. The van der Waals surface area contributed by atoms with E-state index in [4.69, 9.17) is 10.5 Å². The summed E-state index contributed by atoms with van der Waals surface area (Å²) in [6, 6.07) is 6.02. The van der Waals surface area contributed by atoms with E-state index in [1.165, 1.54) is 0 Å². The van der Waals surface area contributed by atoms with Crippen LogP contribution < -0.4 is 10.5 Å². The number of nitrogens with two attached hydrogens (primary N) is 1. The Hall–Kier alpha value is -1.62. The summed E-state index contributed by atoms with van der Waals surface area (Å²) >= 11 is 1.65. The summed E-state index contributed by atoms with van der Waals surface area (Å²) in [5, 5.41) is 4.15. The molecule has 1 aromatic heterocycles. The molecule has 1 heterocycles. The van der Waals surface area contributed by atoms with E-state index in [2.05, 4.69) is 5.10 Å². The number of hydrogen-bond donors (Lipinski definition) is 1. The smallest absolute Gasteiger partial charge is 0.140 e. The monoisotopic (exact) mass is 249 g/mol. The second kappa shape index (κ2) is 4.71. The number of benzene rings is 1. The molecule has 0 amide bonds. The fraction of sp³-hybridized carbons (Fsp3) is 0.250. The molecule has 0 atom stereocenters. The molecule has 0 aliphatic carbocycles. The molecule has 0 radical (unpaired) electrons. The first-order chi connectivity index (χ1) is 8.19. The molecule has 17 heavy (non-hydrogen) atoms. The second-order valence-corrected chi connectivity index (χ2v) is 4.46. The molecular weight excluding hydrogens is 234 g/mol. The van der Waals surface area contributed by atoms with Crippen molar-refractivity contribution in [3.05, 3.63) is 24.4 Å². The Labute approximate surface area is 105 Å². The number of methoxy groups -OCH3 is 1. The van der Waals surface area contributed by atoms with Crippen LogP contribution in [0.2, 0.25) is 0 Å². The Morgan fingerprint density at radius 2 is 2.12 bits per heavy atom. The van der Waals surface area contributed by atoms with Crippen molar-refractivity contribution in [2.45, 2.75) is 4.90 Å².